The maximum atomic E-state index is 12.0. The molecule has 0 aromatic heterocycles. The van der Waals surface area contributed by atoms with E-state index in [1.807, 2.05) is 0 Å². The monoisotopic (exact) mass is 411 g/mol. The Kier molecular flexibility index (Phi) is 13.4. The number of carbonyl (C=O) groups excluding carboxylic acids is 2. The van der Waals surface area contributed by atoms with Crippen LogP contribution >= 0.6 is 0 Å². The maximum absolute atomic E-state index is 12.0. The Morgan fingerprint density at radius 2 is 1.34 bits per heavy atom. The predicted octanol–water partition coefficient (Wildman–Crippen LogP) is 5.08. The molecule has 6 nitrogen and oxygen atoms in total. The van der Waals surface area contributed by atoms with Gasteiger partial charge in [0.25, 0.3) is 0 Å². The molecule has 0 radical (unpaired) electrons. The average molecular weight is 412 g/mol. The van der Waals surface area contributed by atoms with Gasteiger partial charge >= 0.3 is 11.9 Å². The molecule has 1 heterocycles. The van der Waals surface area contributed by atoms with Crippen molar-refractivity contribution in [2.45, 2.75) is 122 Å². The number of aliphatic carboxylic acids is 1. The normalized spacial score (nSPS) is 18.8. The molecule has 1 saturated heterocycles. The fraction of sp³-hybridized carbons (Fsp3) is 0.870. The molecule has 0 aliphatic carbocycles. The number of esters is 1. The summed E-state index contributed by atoms with van der Waals surface area (Å²) in [4.78, 5) is 36.2. The first kappa shape index (κ1) is 25.4. The van der Waals surface area contributed by atoms with Crippen LogP contribution in [0.1, 0.15) is 110 Å². The second-order valence-corrected chi connectivity index (χ2v) is 8.31. The van der Waals surface area contributed by atoms with E-state index in [9.17, 15) is 19.5 Å². The molecule has 1 unspecified atom stereocenters. The minimum Gasteiger partial charge on any atom is -0.480 e. The molecule has 0 saturated carbocycles. The molecular formula is C23H41NO5. The lowest BCUT2D eigenvalue weighted by Crippen LogP contribution is -2.45. The van der Waals surface area contributed by atoms with Gasteiger partial charge in [-0.3, -0.25) is 9.59 Å². The highest BCUT2D eigenvalue weighted by Gasteiger charge is 2.43. The van der Waals surface area contributed by atoms with E-state index in [0.29, 0.717) is 19.4 Å². The van der Waals surface area contributed by atoms with Crippen LogP contribution in [0.15, 0.2) is 0 Å². The summed E-state index contributed by atoms with van der Waals surface area (Å²) in [5, 5.41) is 9.33. The zero-order valence-electron chi connectivity index (χ0n) is 18.5. The molecule has 1 aliphatic rings. The molecular weight excluding hydrogens is 370 g/mol. The van der Waals surface area contributed by atoms with Gasteiger partial charge in [0.2, 0.25) is 5.91 Å². The quantitative estimate of drug-likeness (QED) is 0.283. The lowest BCUT2D eigenvalue weighted by molar-refractivity contribution is -0.159. The lowest BCUT2D eigenvalue weighted by atomic mass is 10.0. The lowest BCUT2D eigenvalue weighted by Gasteiger charge is -2.23. The van der Waals surface area contributed by atoms with Crippen LogP contribution in [0.5, 0.6) is 0 Å². The molecule has 0 aromatic carbocycles. The number of carboxylic acids is 1. The first-order valence-electron chi connectivity index (χ1n) is 11.7. The number of ether oxygens (including phenoxy) is 1. The number of nitrogens with zero attached hydrogens (tertiary/aromatic N) is 1. The molecule has 1 fully saturated rings. The van der Waals surface area contributed by atoms with Gasteiger partial charge in [-0.25, -0.2) is 4.79 Å². The van der Waals surface area contributed by atoms with Gasteiger partial charge in [0.15, 0.2) is 6.04 Å². The van der Waals surface area contributed by atoms with E-state index in [0.717, 1.165) is 19.3 Å². The number of unbranched alkanes of at least 4 members (excludes halogenated alkanes) is 12. The van der Waals surface area contributed by atoms with Gasteiger partial charge in [-0.1, -0.05) is 84.0 Å². The highest BCUT2D eigenvalue weighted by atomic mass is 16.5. The van der Waals surface area contributed by atoms with E-state index in [1.54, 1.807) is 0 Å². The zero-order valence-corrected chi connectivity index (χ0v) is 18.5. The van der Waals surface area contributed by atoms with Crippen LogP contribution < -0.4 is 0 Å². The van der Waals surface area contributed by atoms with Crippen molar-refractivity contribution in [3.05, 3.63) is 0 Å². The van der Waals surface area contributed by atoms with Crippen molar-refractivity contribution >= 4 is 17.8 Å². The summed E-state index contributed by atoms with van der Waals surface area (Å²) in [7, 11) is 0. The van der Waals surface area contributed by atoms with Crippen LogP contribution in [0.2, 0.25) is 0 Å². The minimum atomic E-state index is -1.11. The van der Waals surface area contributed by atoms with Crippen molar-refractivity contribution in [1.29, 1.82) is 0 Å². The Balaban J connectivity index is 2.02. The van der Waals surface area contributed by atoms with E-state index in [1.165, 1.54) is 76.0 Å². The van der Waals surface area contributed by atoms with E-state index >= 15 is 0 Å². The molecule has 29 heavy (non-hydrogen) atoms. The Labute approximate surface area is 176 Å². The fourth-order valence-corrected chi connectivity index (χ4v) is 4.05. The highest BCUT2D eigenvalue weighted by molar-refractivity contribution is 5.84. The first-order chi connectivity index (χ1) is 14.0. The summed E-state index contributed by atoms with van der Waals surface area (Å²) < 4.78 is 5.36. The Bertz CT molecular complexity index is 494. The molecule has 168 valence electrons. The van der Waals surface area contributed by atoms with Crippen LogP contribution in [0.3, 0.4) is 0 Å². The topological polar surface area (TPSA) is 83.9 Å². The van der Waals surface area contributed by atoms with Gasteiger partial charge in [-0.2, -0.15) is 0 Å². The Morgan fingerprint density at radius 1 is 0.862 bits per heavy atom. The molecule has 0 aromatic rings. The second-order valence-electron chi connectivity index (χ2n) is 8.31. The Hall–Kier alpha value is -1.59. The van der Waals surface area contributed by atoms with E-state index in [-0.39, 0.29) is 11.9 Å². The summed E-state index contributed by atoms with van der Waals surface area (Å²) in [6.07, 6.45) is 16.2. The van der Waals surface area contributed by atoms with E-state index < -0.39 is 18.1 Å². The van der Waals surface area contributed by atoms with Crippen molar-refractivity contribution in [1.82, 2.24) is 4.90 Å². The standard InChI is InChI=1S/C23H41NO5/c1-3-4-5-6-7-8-9-10-11-12-13-14-15-16-21(26)29-20-17-18-24(19(2)25)22(20)23(27)28/h20,22H,3-18H2,1-2H3,(H,27,28)/t20?,22-/m0/s1. The molecule has 1 N–H and O–H groups in total. The molecule has 1 amide bonds. The molecule has 2 atom stereocenters. The SMILES string of the molecule is CCCCCCCCCCCCCCCC(=O)OC1CCN(C(C)=O)[C@@H]1C(=O)O. The molecule has 0 spiro atoms. The third-order valence-electron chi connectivity index (χ3n) is 5.77. The van der Waals surface area contributed by atoms with E-state index in [4.69, 9.17) is 4.74 Å². The number of likely N-dealkylation sites (tertiary alicyclic amines) is 1. The van der Waals surface area contributed by atoms with Gasteiger partial charge in [0.1, 0.15) is 6.10 Å². The number of rotatable bonds is 16. The summed E-state index contributed by atoms with van der Waals surface area (Å²) in [5.41, 5.74) is 0. The summed E-state index contributed by atoms with van der Waals surface area (Å²) in [6.45, 7) is 3.91. The first-order valence-corrected chi connectivity index (χ1v) is 11.7. The van der Waals surface area contributed by atoms with Crippen molar-refractivity contribution in [3.8, 4) is 0 Å². The van der Waals surface area contributed by atoms with Gasteiger partial charge in [-0.15, -0.1) is 0 Å². The van der Waals surface area contributed by atoms with Gasteiger partial charge in [0, 0.05) is 26.3 Å². The van der Waals surface area contributed by atoms with Gasteiger partial charge in [-0.05, 0) is 6.42 Å². The number of amides is 1. The van der Waals surface area contributed by atoms with Crippen LogP contribution in [0.25, 0.3) is 0 Å². The Morgan fingerprint density at radius 3 is 1.79 bits per heavy atom. The number of carboxylic acid groups (broad SMARTS) is 1. The molecule has 1 aliphatic heterocycles. The van der Waals surface area contributed by atoms with Crippen molar-refractivity contribution in [3.63, 3.8) is 0 Å². The number of carbonyl (C=O) groups is 3. The highest BCUT2D eigenvalue weighted by Crippen LogP contribution is 2.22. The smallest absolute Gasteiger partial charge is 0.330 e. The minimum absolute atomic E-state index is 0.299. The van der Waals surface area contributed by atoms with Gasteiger partial charge in [0.05, 0.1) is 0 Å². The summed E-state index contributed by atoms with van der Waals surface area (Å²) in [5.74, 6) is -1.77. The molecule has 1 rings (SSSR count). The fourth-order valence-electron chi connectivity index (χ4n) is 4.05. The number of hydrogen-bond donors (Lipinski definition) is 1. The zero-order chi connectivity index (χ0) is 21.5. The summed E-state index contributed by atoms with van der Waals surface area (Å²) in [6, 6.07) is -1.05. The largest absolute Gasteiger partial charge is 0.480 e. The van der Waals surface area contributed by atoms with Crippen LogP contribution in [-0.4, -0.2) is 46.5 Å². The summed E-state index contributed by atoms with van der Waals surface area (Å²) >= 11 is 0. The third-order valence-corrected chi connectivity index (χ3v) is 5.77. The van der Waals surface area contributed by atoms with Crippen molar-refractivity contribution in [2.24, 2.45) is 0 Å². The second kappa shape index (κ2) is 15.3. The van der Waals surface area contributed by atoms with Crippen LogP contribution in [0, 0.1) is 0 Å². The number of hydrogen-bond acceptors (Lipinski definition) is 4. The average Bonchev–Trinajstić information content (AvgIpc) is 3.09. The van der Waals surface area contributed by atoms with Crippen LogP contribution in [0.4, 0.5) is 0 Å². The van der Waals surface area contributed by atoms with Crippen molar-refractivity contribution < 1.29 is 24.2 Å². The van der Waals surface area contributed by atoms with Crippen molar-refractivity contribution in [2.75, 3.05) is 6.54 Å². The molecule has 6 heteroatoms. The molecule has 0 bridgehead atoms. The van der Waals surface area contributed by atoms with E-state index in [2.05, 4.69) is 6.92 Å². The van der Waals surface area contributed by atoms with Crippen LogP contribution in [-0.2, 0) is 19.1 Å². The predicted molar refractivity (Wildman–Crippen MR) is 114 cm³/mol. The third kappa shape index (κ3) is 10.7. The van der Waals surface area contributed by atoms with Gasteiger partial charge < -0.3 is 14.7 Å². The maximum Gasteiger partial charge on any atom is 0.330 e.